The standard InChI is InChI=1S/C22H28F3N5O/c1-28(21-26-8-7-20(27-21)30-10-12-31-13-11-30)19-6-3-9-29(16-19)15-17-4-2-5-18(14-17)22(23,24)25/h2,4-5,7-8,14,19H,3,6,9-13,15-16H2,1H3. The van der Waals surface area contributed by atoms with Crippen LogP contribution in [0, 0.1) is 0 Å². The van der Waals surface area contributed by atoms with Crippen molar-refractivity contribution in [1.29, 1.82) is 0 Å². The summed E-state index contributed by atoms with van der Waals surface area (Å²) >= 11 is 0. The number of aromatic nitrogens is 2. The molecule has 4 rings (SSSR count). The lowest BCUT2D eigenvalue weighted by Gasteiger charge is -2.38. The molecule has 9 heteroatoms. The van der Waals surface area contributed by atoms with Crippen molar-refractivity contribution < 1.29 is 17.9 Å². The number of rotatable bonds is 5. The van der Waals surface area contributed by atoms with Gasteiger partial charge in [0.1, 0.15) is 5.82 Å². The lowest BCUT2D eigenvalue weighted by atomic mass is 10.0. The van der Waals surface area contributed by atoms with E-state index in [2.05, 4.69) is 19.7 Å². The lowest BCUT2D eigenvalue weighted by Crippen LogP contribution is -2.47. The number of anilines is 2. The van der Waals surface area contributed by atoms with Crippen molar-refractivity contribution in [1.82, 2.24) is 14.9 Å². The van der Waals surface area contributed by atoms with E-state index in [0.29, 0.717) is 31.3 Å². The molecule has 1 unspecified atom stereocenters. The largest absolute Gasteiger partial charge is 0.416 e. The number of hydrogen-bond acceptors (Lipinski definition) is 6. The van der Waals surface area contributed by atoms with Crippen molar-refractivity contribution in [3.8, 4) is 0 Å². The van der Waals surface area contributed by atoms with Crippen molar-refractivity contribution >= 4 is 11.8 Å². The van der Waals surface area contributed by atoms with Crippen molar-refractivity contribution in [2.24, 2.45) is 0 Å². The van der Waals surface area contributed by atoms with Gasteiger partial charge in [-0.2, -0.15) is 18.2 Å². The Morgan fingerprint density at radius 1 is 1.16 bits per heavy atom. The van der Waals surface area contributed by atoms with Crippen LogP contribution in [0.4, 0.5) is 24.9 Å². The summed E-state index contributed by atoms with van der Waals surface area (Å²) in [7, 11) is 2.00. The highest BCUT2D eigenvalue weighted by atomic mass is 19.4. The number of likely N-dealkylation sites (N-methyl/N-ethyl adjacent to an activating group) is 1. The molecule has 0 N–H and O–H groups in total. The van der Waals surface area contributed by atoms with Crippen LogP contribution in [0.25, 0.3) is 0 Å². The molecule has 2 saturated heterocycles. The highest BCUT2D eigenvalue weighted by molar-refractivity contribution is 5.44. The molecule has 0 bridgehead atoms. The Labute approximate surface area is 180 Å². The first-order valence-corrected chi connectivity index (χ1v) is 10.7. The van der Waals surface area contributed by atoms with Gasteiger partial charge in [0, 0.05) is 45.5 Å². The second-order valence-electron chi connectivity index (χ2n) is 8.15. The SMILES string of the molecule is CN(c1nccc(N2CCOCC2)n1)C1CCCN(Cc2cccc(C(F)(F)F)c2)C1. The van der Waals surface area contributed by atoms with Crippen LogP contribution >= 0.6 is 0 Å². The third-order valence-corrected chi connectivity index (χ3v) is 5.97. The highest BCUT2D eigenvalue weighted by Crippen LogP contribution is 2.30. The third-order valence-electron chi connectivity index (χ3n) is 5.97. The quantitative estimate of drug-likeness (QED) is 0.717. The molecular formula is C22H28F3N5O. The predicted molar refractivity (Wildman–Crippen MR) is 113 cm³/mol. The van der Waals surface area contributed by atoms with Gasteiger partial charge in [-0.05, 0) is 37.1 Å². The second kappa shape index (κ2) is 9.40. The Bertz CT molecular complexity index is 872. The number of benzene rings is 1. The minimum atomic E-state index is -4.32. The number of hydrogen-bond donors (Lipinski definition) is 0. The number of halogens is 3. The predicted octanol–water partition coefficient (Wildman–Crippen LogP) is 3.43. The molecule has 0 radical (unpaired) electrons. The summed E-state index contributed by atoms with van der Waals surface area (Å²) < 4.78 is 44.5. The van der Waals surface area contributed by atoms with Crippen LogP contribution in [-0.2, 0) is 17.5 Å². The van der Waals surface area contributed by atoms with Gasteiger partial charge in [-0.1, -0.05) is 18.2 Å². The molecular weight excluding hydrogens is 407 g/mol. The number of morpholine rings is 1. The van der Waals surface area contributed by atoms with Crippen molar-refractivity contribution in [3.05, 3.63) is 47.7 Å². The van der Waals surface area contributed by atoms with Crippen LogP contribution in [0.1, 0.15) is 24.0 Å². The Kier molecular flexibility index (Phi) is 6.62. The number of ether oxygens (including phenoxy) is 1. The summed E-state index contributed by atoms with van der Waals surface area (Å²) in [6.45, 7) is 5.16. The first-order chi connectivity index (χ1) is 14.9. The fraction of sp³-hybridized carbons (Fsp3) is 0.545. The average molecular weight is 435 g/mol. The van der Waals surface area contributed by atoms with Crippen LogP contribution in [0.2, 0.25) is 0 Å². The topological polar surface area (TPSA) is 44.7 Å². The molecule has 0 saturated carbocycles. The van der Waals surface area contributed by atoms with Gasteiger partial charge in [0.05, 0.1) is 18.8 Å². The zero-order valence-corrected chi connectivity index (χ0v) is 17.7. The van der Waals surface area contributed by atoms with Crippen LogP contribution < -0.4 is 9.80 Å². The van der Waals surface area contributed by atoms with E-state index in [9.17, 15) is 13.2 Å². The Balaban J connectivity index is 1.41. The smallest absolute Gasteiger partial charge is 0.378 e. The molecule has 0 spiro atoms. The van der Waals surface area contributed by atoms with Crippen molar-refractivity contribution in [3.63, 3.8) is 0 Å². The molecule has 6 nitrogen and oxygen atoms in total. The summed E-state index contributed by atoms with van der Waals surface area (Å²) in [6, 6.07) is 7.74. The molecule has 3 heterocycles. The molecule has 168 valence electrons. The van der Waals surface area contributed by atoms with Gasteiger partial charge in [0.2, 0.25) is 5.95 Å². The summed E-state index contributed by atoms with van der Waals surface area (Å²) in [5.74, 6) is 1.58. The zero-order valence-electron chi connectivity index (χ0n) is 17.7. The van der Waals surface area contributed by atoms with Gasteiger partial charge in [-0.15, -0.1) is 0 Å². The van der Waals surface area contributed by atoms with Gasteiger partial charge in [-0.3, -0.25) is 4.90 Å². The molecule has 1 aromatic carbocycles. The van der Waals surface area contributed by atoms with E-state index in [1.165, 1.54) is 12.1 Å². The molecule has 2 aliphatic heterocycles. The van der Waals surface area contributed by atoms with E-state index in [1.54, 1.807) is 12.3 Å². The minimum absolute atomic E-state index is 0.208. The fourth-order valence-corrected chi connectivity index (χ4v) is 4.24. The van der Waals surface area contributed by atoms with Crippen LogP contribution in [0.3, 0.4) is 0 Å². The van der Waals surface area contributed by atoms with E-state index in [-0.39, 0.29) is 6.04 Å². The molecule has 1 atom stereocenters. The van der Waals surface area contributed by atoms with E-state index in [4.69, 9.17) is 9.72 Å². The van der Waals surface area contributed by atoms with Gasteiger partial charge in [0.25, 0.3) is 0 Å². The van der Waals surface area contributed by atoms with E-state index >= 15 is 0 Å². The number of piperidine rings is 1. The summed E-state index contributed by atoms with van der Waals surface area (Å²) in [6.07, 6.45) is -0.547. The molecule has 2 aliphatic rings. The maximum atomic E-state index is 13.0. The van der Waals surface area contributed by atoms with E-state index in [0.717, 1.165) is 50.9 Å². The van der Waals surface area contributed by atoms with E-state index in [1.807, 2.05) is 13.1 Å². The van der Waals surface area contributed by atoms with Gasteiger partial charge >= 0.3 is 6.18 Å². The number of likely N-dealkylation sites (tertiary alicyclic amines) is 1. The maximum absolute atomic E-state index is 13.0. The minimum Gasteiger partial charge on any atom is -0.378 e. The van der Waals surface area contributed by atoms with Crippen LogP contribution in [0.5, 0.6) is 0 Å². The van der Waals surface area contributed by atoms with Gasteiger partial charge in [0.15, 0.2) is 0 Å². The second-order valence-corrected chi connectivity index (χ2v) is 8.15. The number of nitrogens with zero attached hydrogens (tertiary/aromatic N) is 5. The van der Waals surface area contributed by atoms with Crippen LogP contribution in [-0.4, -0.2) is 67.4 Å². The lowest BCUT2D eigenvalue weighted by molar-refractivity contribution is -0.137. The third kappa shape index (κ3) is 5.46. The van der Waals surface area contributed by atoms with Gasteiger partial charge in [-0.25, -0.2) is 4.98 Å². The monoisotopic (exact) mass is 435 g/mol. The molecule has 2 aromatic rings. The van der Waals surface area contributed by atoms with Crippen LogP contribution in [0.15, 0.2) is 36.5 Å². The summed E-state index contributed by atoms with van der Waals surface area (Å²) in [4.78, 5) is 15.7. The number of alkyl halides is 3. The highest BCUT2D eigenvalue weighted by Gasteiger charge is 2.31. The normalized spacial score (nSPS) is 20.6. The Morgan fingerprint density at radius 3 is 2.74 bits per heavy atom. The first kappa shape index (κ1) is 21.8. The molecule has 0 amide bonds. The van der Waals surface area contributed by atoms with Gasteiger partial charge < -0.3 is 14.5 Å². The average Bonchev–Trinajstić information content (AvgIpc) is 2.79. The zero-order chi connectivity index (χ0) is 21.8. The molecule has 0 aliphatic carbocycles. The molecule has 1 aromatic heterocycles. The summed E-state index contributed by atoms with van der Waals surface area (Å²) in [5.41, 5.74) is 0.0905. The Morgan fingerprint density at radius 2 is 1.97 bits per heavy atom. The first-order valence-electron chi connectivity index (χ1n) is 10.7. The fourth-order valence-electron chi connectivity index (χ4n) is 4.24. The molecule has 31 heavy (non-hydrogen) atoms. The molecule has 2 fully saturated rings. The van der Waals surface area contributed by atoms with Crippen molar-refractivity contribution in [2.75, 3.05) is 56.2 Å². The van der Waals surface area contributed by atoms with E-state index < -0.39 is 11.7 Å². The summed E-state index contributed by atoms with van der Waals surface area (Å²) in [5, 5.41) is 0. The maximum Gasteiger partial charge on any atom is 0.416 e. The Hall–Kier alpha value is -2.39. The van der Waals surface area contributed by atoms with Crippen molar-refractivity contribution in [2.45, 2.75) is 31.6 Å².